The molecule has 9 heteroatoms. The van der Waals surface area contributed by atoms with E-state index in [1.165, 1.54) is 0 Å². The highest BCUT2D eigenvalue weighted by Gasteiger charge is 2.60. The van der Waals surface area contributed by atoms with Gasteiger partial charge in [0.15, 0.2) is 0 Å². The molecule has 1 saturated heterocycles. The zero-order chi connectivity index (χ0) is 19.4. The SMILES string of the molecule is CCO[Si](C)(OCC)OCC.COC1(OC)CCCC[Si]1(OC)OC. The molecule has 0 radical (unpaired) electrons. The summed E-state index contributed by atoms with van der Waals surface area (Å²) < 4.78 is 38.4. The molecule has 0 saturated carbocycles. The molecule has 0 bridgehead atoms. The normalized spacial score (nSPS) is 19.2. The van der Waals surface area contributed by atoms with Crippen LogP contribution in [0.1, 0.15) is 40.0 Å². The lowest BCUT2D eigenvalue weighted by Gasteiger charge is -2.46. The first-order valence-corrected chi connectivity index (χ1v) is 13.3. The fourth-order valence-corrected chi connectivity index (χ4v) is 8.50. The third-order valence-electron chi connectivity index (χ3n) is 4.38. The molecule has 0 aromatic carbocycles. The standard InChI is InChI=1S/C9H20O4Si.C7H18O3Si/c1-10-9(11-2)7-5-6-8-14(9,12-3)13-4;1-5-8-11(4,9-6-2)10-7-3/h5-8H2,1-4H3;5-7H2,1-4H3. The van der Waals surface area contributed by atoms with Crippen molar-refractivity contribution in [3.05, 3.63) is 0 Å². The summed E-state index contributed by atoms with van der Waals surface area (Å²) in [4.78, 5) is 0. The van der Waals surface area contributed by atoms with E-state index >= 15 is 0 Å². The molecular formula is C16H38O7Si2. The van der Waals surface area contributed by atoms with Crippen LogP contribution in [0.4, 0.5) is 0 Å². The Balaban J connectivity index is 0.000000477. The van der Waals surface area contributed by atoms with Crippen LogP contribution in [0.3, 0.4) is 0 Å². The van der Waals surface area contributed by atoms with Gasteiger partial charge in [-0.2, -0.15) is 0 Å². The number of hydrogen-bond acceptors (Lipinski definition) is 7. The number of methoxy groups -OCH3 is 2. The zero-order valence-electron chi connectivity index (χ0n) is 17.3. The Hall–Kier alpha value is 0.154. The summed E-state index contributed by atoms with van der Waals surface area (Å²) in [5, 5.41) is 0. The molecule has 0 aliphatic carbocycles. The molecule has 0 atom stereocenters. The van der Waals surface area contributed by atoms with Gasteiger partial charge in [-0.1, -0.05) is 6.42 Å². The van der Waals surface area contributed by atoms with Gasteiger partial charge in [-0.15, -0.1) is 0 Å². The Kier molecular flexibility index (Phi) is 12.6. The highest BCUT2D eigenvalue weighted by atomic mass is 28.4. The summed E-state index contributed by atoms with van der Waals surface area (Å²) in [6.07, 6.45) is 3.08. The van der Waals surface area contributed by atoms with Gasteiger partial charge in [-0.05, 0) is 33.2 Å². The number of hydrogen-bond donors (Lipinski definition) is 0. The molecule has 0 N–H and O–H groups in total. The van der Waals surface area contributed by atoms with Crippen LogP contribution < -0.4 is 0 Å². The van der Waals surface area contributed by atoms with Crippen LogP contribution in [-0.4, -0.2) is 71.0 Å². The molecule has 1 heterocycles. The van der Waals surface area contributed by atoms with Crippen molar-refractivity contribution < 1.29 is 31.6 Å². The van der Waals surface area contributed by atoms with E-state index in [1.807, 2.05) is 27.3 Å². The molecule has 0 aromatic heterocycles. The molecule has 152 valence electrons. The fraction of sp³-hybridized carbons (Fsp3) is 1.00. The molecule has 1 rings (SSSR count). The Bertz CT molecular complexity index is 299. The van der Waals surface area contributed by atoms with Gasteiger partial charge >= 0.3 is 17.4 Å². The van der Waals surface area contributed by atoms with Crippen LogP contribution in [-0.2, 0) is 31.6 Å². The Labute approximate surface area is 155 Å². The minimum atomic E-state index is -2.35. The first-order valence-electron chi connectivity index (χ1n) is 9.01. The van der Waals surface area contributed by atoms with Gasteiger partial charge in [0.05, 0.1) is 0 Å². The van der Waals surface area contributed by atoms with Gasteiger partial charge in [0.2, 0.25) is 5.41 Å². The second-order valence-electron chi connectivity index (χ2n) is 5.69. The average molecular weight is 399 g/mol. The first-order chi connectivity index (χ1) is 11.9. The van der Waals surface area contributed by atoms with Crippen molar-refractivity contribution in [2.45, 2.75) is 58.0 Å². The van der Waals surface area contributed by atoms with Crippen LogP contribution in [0, 0.1) is 0 Å². The first kappa shape index (κ1) is 25.2. The molecule has 7 nitrogen and oxygen atoms in total. The Morgan fingerprint density at radius 1 is 0.800 bits per heavy atom. The molecule has 0 amide bonds. The van der Waals surface area contributed by atoms with Crippen LogP contribution in [0.2, 0.25) is 12.6 Å². The molecular weight excluding hydrogens is 360 g/mol. The van der Waals surface area contributed by atoms with Gasteiger partial charge in [0.25, 0.3) is 0 Å². The second-order valence-corrected chi connectivity index (χ2v) is 11.9. The van der Waals surface area contributed by atoms with Crippen molar-refractivity contribution in [2.75, 3.05) is 48.3 Å². The molecule has 0 spiro atoms. The van der Waals surface area contributed by atoms with Crippen molar-refractivity contribution in [3.63, 3.8) is 0 Å². The largest absolute Gasteiger partial charge is 0.497 e. The minimum absolute atomic E-state index is 0.630. The van der Waals surface area contributed by atoms with E-state index in [0.29, 0.717) is 19.8 Å². The van der Waals surface area contributed by atoms with Gasteiger partial charge in [0, 0.05) is 61.2 Å². The van der Waals surface area contributed by atoms with E-state index in [4.69, 9.17) is 31.6 Å². The number of ether oxygens (including phenoxy) is 2. The van der Waals surface area contributed by atoms with Crippen LogP contribution in [0.25, 0.3) is 0 Å². The highest BCUT2D eigenvalue weighted by molar-refractivity contribution is 6.70. The maximum Gasteiger partial charge on any atom is 0.497 e. The maximum absolute atomic E-state index is 5.59. The second kappa shape index (κ2) is 12.5. The van der Waals surface area contributed by atoms with Crippen LogP contribution in [0.15, 0.2) is 0 Å². The fourth-order valence-electron chi connectivity index (χ4n) is 3.20. The van der Waals surface area contributed by atoms with Crippen molar-refractivity contribution in [3.8, 4) is 0 Å². The molecule has 1 fully saturated rings. The molecule has 0 aromatic rings. The predicted octanol–water partition coefficient (Wildman–Crippen LogP) is 3.10. The molecule has 1 aliphatic heterocycles. The number of rotatable bonds is 10. The monoisotopic (exact) mass is 398 g/mol. The lowest BCUT2D eigenvalue weighted by atomic mass is 10.2. The van der Waals surface area contributed by atoms with Gasteiger partial charge in [-0.25, -0.2) is 0 Å². The third kappa shape index (κ3) is 6.67. The van der Waals surface area contributed by atoms with E-state index in [2.05, 4.69) is 0 Å². The smallest absolute Gasteiger partial charge is 0.395 e. The summed E-state index contributed by atoms with van der Waals surface area (Å²) in [7, 11) is 2.10. The Morgan fingerprint density at radius 3 is 1.52 bits per heavy atom. The lowest BCUT2D eigenvalue weighted by molar-refractivity contribution is -0.183. The predicted molar refractivity (Wildman–Crippen MR) is 102 cm³/mol. The lowest BCUT2D eigenvalue weighted by Crippen LogP contribution is -2.65. The third-order valence-corrected chi connectivity index (χ3v) is 11.0. The Morgan fingerprint density at radius 2 is 1.24 bits per heavy atom. The zero-order valence-corrected chi connectivity index (χ0v) is 19.3. The summed E-state index contributed by atoms with van der Waals surface area (Å²) in [6, 6.07) is 0.932. The molecule has 1 aliphatic rings. The van der Waals surface area contributed by atoms with E-state index in [0.717, 1.165) is 25.3 Å². The summed E-state index contributed by atoms with van der Waals surface area (Å²) in [6.45, 7) is 9.73. The van der Waals surface area contributed by atoms with Gasteiger partial charge in [-0.3, -0.25) is 0 Å². The average Bonchev–Trinajstić information content (AvgIpc) is 2.62. The summed E-state index contributed by atoms with van der Waals surface area (Å²) in [5.41, 5.74) is -0.630. The van der Waals surface area contributed by atoms with Crippen molar-refractivity contribution >= 4 is 17.4 Å². The van der Waals surface area contributed by atoms with Crippen LogP contribution in [0.5, 0.6) is 0 Å². The van der Waals surface area contributed by atoms with E-state index < -0.39 is 22.8 Å². The minimum Gasteiger partial charge on any atom is -0.395 e. The van der Waals surface area contributed by atoms with Crippen molar-refractivity contribution in [1.29, 1.82) is 0 Å². The topological polar surface area (TPSA) is 64.6 Å². The van der Waals surface area contributed by atoms with Gasteiger partial charge < -0.3 is 31.6 Å². The molecule has 0 unspecified atom stereocenters. The van der Waals surface area contributed by atoms with Crippen molar-refractivity contribution in [2.24, 2.45) is 0 Å². The van der Waals surface area contributed by atoms with Gasteiger partial charge in [0.1, 0.15) is 0 Å². The van der Waals surface area contributed by atoms with Crippen LogP contribution >= 0.6 is 0 Å². The van der Waals surface area contributed by atoms with Crippen molar-refractivity contribution in [1.82, 2.24) is 0 Å². The summed E-state index contributed by atoms with van der Waals surface area (Å²) in [5.74, 6) is 0. The quantitative estimate of drug-likeness (QED) is 0.414. The molecule has 25 heavy (non-hydrogen) atoms. The van der Waals surface area contributed by atoms with E-state index in [1.54, 1.807) is 28.4 Å². The maximum atomic E-state index is 5.59. The summed E-state index contributed by atoms with van der Waals surface area (Å²) >= 11 is 0. The van der Waals surface area contributed by atoms with E-state index in [9.17, 15) is 0 Å². The highest BCUT2D eigenvalue weighted by Crippen LogP contribution is 2.40. The van der Waals surface area contributed by atoms with E-state index in [-0.39, 0.29) is 0 Å².